The Morgan fingerprint density at radius 3 is 2.09 bits per heavy atom. The molecule has 0 unspecified atom stereocenters. The molecular weight excluding hydrogens is 318 g/mol. The molecule has 2 rings (SSSR count). The predicted octanol–water partition coefficient (Wildman–Crippen LogP) is 2.71. The summed E-state index contributed by atoms with van der Waals surface area (Å²) < 4.78 is 37.5. The predicted molar refractivity (Wildman–Crippen MR) is 86.8 cm³/mol. The number of Topliss-reactive ketones (excluding diaryl/α,β-unsaturated/α-hetero) is 1. The zero-order chi connectivity index (χ0) is 17.0. The van der Waals surface area contributed by atoms with Crippen LogP contribution in [-0.2, 0) is 10.0 Å². The van der Waals surface area contributed by atoms with Crippen molar-refractivity contribution in [3.05, 3.63) is 48.0 Å². The quantitative estimate of drug-likeness (QED) is 0.821. The Kier molecular flexibility index (Phi) is 4.90. The molecule has 0 aliphatic heterocycles. The van der Waals surface area contributed by atoms with E-state index >= 15 is 0 Å². The van der Waals surface area contributed by atoms with Crippen LogP contribution in [0.2, 0.25) is 0 Å². The summed E-state index contributed by atoms with van der Waals surface area (Å²) in [6.45, 7) is 1.45. The Bertz CT molecular complexity index is 813. The number of carbonyl (C=O) groups is 1. The molecule has 0 saturated heterocycles. The van der Waals surface area contributed by atoms with Crippen molar-refractivity contribution in [3.63, 3.8) is 0 Å². The highest BCUT2D eigenvalue weighted by Crippen LogP contribution is 2.30. The highest BCUT2D eigenvalue weighted by atomic mass is 32.2. The molecule has 2 aromatic carbocycles. The minimum absolute atomic E-state index is 0.0470. The highest BCUT2D eigenvalue weighted by molar-refractivity contribution is 7.92. The number of rotatable bonds is 6. The van der Waals surface area contributed by atoms with Gasteiger partial charge in [0.25, 0.3) is 10.0 Å². The Labute approximate surface area is 135 Å². The molecule has 0 amide bonds. The summed E-state index contributed by atoms with van der Waals surface area (Å²) in [6.07, 6.45) is 0. The lowest BCUT2D eigenvalue weighted by atomic mass is 10.1. The van der Waals surface area contributed by atoms with Gasteiger partial charge in [-0.3, -0.25) is 9.52 Å². The first-order chi connectivity index (χ1) is 10.9. The molecule has 2 aromatic rings. The molecule has 0 fully saturated rings. The molecule has 0 aliphatic rings. The maximum absolute atomic E-state index is 12.4. The third-order valence-electron chi connectivity index (χ3n) is 3.21. The molecule has 0 aromatic heterocycles. The number of benzene rings is 2. The molecule has 0 atom stereocenters. The van der Waals surface area contributed by atoms with Crippen LogP contribution in [0.4, 0.5) is 5.69 Å². The number of hydrogen-bond acceptors (Lipinski definition) is 5. The van der Waals surface area contributed by atoms with E-state index in [4.69, 9.17) is 9.47 Å². The van der Waals surface area contributed by atoms with Crippen LogP contribution in [0.3, 0.4) is 0 Å². The van der Waals surface area contributed by atoms with Crippen LogP contribution < -0.4 is 14.2 Å². The Hall–Kier alpha value is -2.54. The molecule has 6 nitrogen and oxygen atoms in total. The number of anilines is 1. The normalized spacial score (nSPS) is 10.9. The van der Waals surface area contributed by atoms with E-state index in [-0.39, 0.29) is 10.7 Å². The minimum atomic E-state index is -3.77. The first-order valence-corrected chi connectivity index (χ1v) is 8.21. The number of methoxy groups -OCH3 is 2. The van der Waals surface area contributed by atoms with Gasteiger partial charge >= 0.3 is 0 Å². The van der Waals surface area contributed by atoms with Gasteiger partial charge in [0, 0.05) is 17.3 Å². The molecule has 0 heterocycles. The average Bonchev–Trinajstić information content (AvgIpc) is 2.54. The first kappa shape index (κ1) is 16.8. The summed E-state index contributed by atoms with van der Waals surface area (Å²) in [5, 5.41) is 0. The molecule has 1 N–H and O–H groups in total. The van der Waals surface area contributed by atoms with E-state index in [1.54, 1.807) is 12.1 Å². The average molecular weight is 335 g/mol. The third kappa shape index (κ3) is 3.81. The van der Waals surface area contributed by atoms with Gasteiger partial charge in [-0.2, -0.15) is 0 Å². The summed E-state index contributed by atoms with van der Waals surface area (Å²) in [4.78, 5) is 11.3. The molecule has 0 spiro atoms. The van der Waals surface area contributed by atoms with E-state index < -0.39 is 10.0 Å². The van der Waals surface area contributed by atoms with Crippen molar-refractivity contribution >= 4 is 21.5 Å². The standard InChI is InChI=1S/C16H17NO5S/c1-11(18)12-4-6-13(7-5-12)17-23(19,20)14-8-9-15(21-2)16(10-14)22-3/h4-10,17H,1-3H3. The fraction of sp³-hybridized carbons (Fsp3) is 0.188. The van der Waals surface area contributed by atoms with E-state index in [0.717, 1.165) is 0 Å². The highest BCUT2D eigenvalue weighted by Gasteiger charge is 2.17. The smallest absolute Gasteiger partial charge is 0.262 e. The van der Waals surface area contributed by atoms with Gasteiger partial charge in [0.1, 0.15) is 0 Å². The Morgan fingerprint density at radius 2 is 1.57 bits per heavy atom. The van der Waals surface area contributed by atoms with E-state index in [2.05, 4.69) is 4.72 Å². The fourth-order valence-electron chi connectivity index (χ4n) is 1.97. The minimum Gasteiger partial charge on any atom is -0.493 e. The number of carbonyl (C=O) groups excluding carboxylic acids is 1. The van der Waals surface area contributed by atoms with E-state index in [0.29, 0.717) is 22.7 Å². The number of ketones is 1. The maximum Gasteiger partial charge on any atom is 0.262 e. The zero-order valence-electron chi connectivity index (χ0n) is 13.0. The lowest BCUT2D eigenvalue weighted by Crippen LogP contribution is -2.13. The summed E-state index contributed by atoms with van der Waals surface area (Å²) in [6, 6.07) is 10.5. The number of nitrogens with one attached hydrogen (secondary N) is 1. The third-order valence-corrected chi connectivity index (χ3v) is 4.59. The topological polar surface area (TPSA) is 81.7 Å². The van der Waals surface area contributed by atoms with Crippen LogP contribution in [0.15, 0.2) is 47.4 Å². The molecule has 0 saturated carbocycles. The largest absolute Gasteiger partial charge is 0.493 e. The van der Waals surface area contributed by atoms with Gasteiger partial charge in [0.2, 0.25) is 0 Å². The van der Waals surface area contributed by atoms with Gasteiger partial charge in [-0.15, -0.1) is 0 Å². The lowest BCUT2D eigenvalue weighted by Gasteiger charge is -2.11. The van der Waals surface area contributed by atoms with Gasteiger partial charge in [0.15, 0.2) is 17.3 Å². The van der Waals surface area contributed by atoms with Crippen LogP contribution in [0, 0.1) is 0 Å². The van der Waals surface area contributed by atoms with Crippen molar-refractivity contribution in [2.75, 3.05) is 18.9 Å². The van der Waals surface area contributed by atoms with E-state index in [1.807, 2.05) is 0 Å². The van der Waals surface area contributed by atoms with Gasteiger partial charge in [-0.25, -0.2) is 8.42 Å². The fourth-order valence-corrected chi connectivity index (χ4v) is 3.04. The van der Waals surface area contributed by atoms with Gasteiger partial charge in [0.05, 0.1) is 19.1 Å². The number of sulfonamides is 1. The maximum atomic E-state index is 12.4. The van der Waals surface area contributed by atoms with E-state index in [9.17, 15) is 13.2 Å². The van der Waals surface area contributed by atoms with Crippen LogP contribution in [-0.4, -0.2) is 28.4 Å². The van der Waals surface area contributed by atoms with Crippen molar-refractivity contribution in [3.8, 4) is 11.5 Å². The molecule has 23 heavy (non-hydrogen) atoms. The van der Waals surface area contributed by atoms with Crippen molar-refractivity contribution in [2.45, 2.75) is 11.8 Å². The summed E-state index contributed by atoms with van der Waals surface area (Å²) in [7, 11) is -0.869. The van der Waals surface area contributed by atoms with Crippen LogP contribution in [0.25, 0.3) is 0 Å². The van der Waals surface area contributed by atoms with Crippen LogP contribution >= 0.6 is 0 Å². The molecular formula is C16H17NO5S. The summed E-state index contributed by atoms with van der Waals surface area (Å²) >= 11 is 0. The molecule has 122 valence electrons. The van der Waals surface area contributed by atoms with Gasteiger partial charge < -0.3 is 9.47 Å². The Balaban J connectivity index is 2.29. The summed E-state index contributed by atoms with van der Waals surface area (Å²) in [5.41, 5.74) is 0.879. The molecule has 7 heteroatoms. The summed E-state index contributed by atoms with van der Waals surface area (Å²) in [5.74, 6) is 0.680. The monoisotopic (exact) mass is 335 g/mol. The Morgan fingerprint density at radius 1 is 0.957 bits per heavy atom. The number of ether oxygens (including phenoxy) is 2. The second-order valence-electron chi connectivity index (χ2n) is 4.76. The van der Waals surface area contributed by atoms with Gasteiger partial charge in [-0.05, 0) is 43.3 Å². The van der Waals surface area contributed by atoms with Gasteiger partial charge in [-0.1, -0.05) is 0 Å². The van der Waals surface area contributed by atoms with E-state index in [1.165, 1.54) is 51.5 Å². The number of hydrogen-bond donors (Lipinski definition) is 1. The van der Waals surface area contributed by atoms with Crippen molar-refractivity contribution in [1.29, 1.82) is 0 Å². The zero-order valence-corrected chi connectivity index (χ0v) is 13.8. The van der Waals surface area contributed by atoms with Crippen molar-refractivity contribution in [1.82, 2.24) is 0 Å². The second kappa shape index (κ2) is 6.70. The van der Waals surface area contributed by atoms with Crippen LogP contribution in [0.1, 0.15) is 17.3 Å². The lowest BCUT2D eigenvalue weighted by molar-refractivity contribution is 0.101. The second-order valence-corrected chi connectivity index (χ2v) is 6.44. The molecule has 0 radical (unpaired) electrons. The van der Waals surface area contributed by atoms with Crippen LogP contribution in [0.5, 0.6) is 11.5 Å². The SMILES string of the molecule is COc1ccc(S(=O)(=O)Nc2ccc(C(C)=O)cc2)cc1OC. The van der Waals surface area contributed by atoms with Crippen molar-refractivity contribution in [2.24, 2.45) is 0 Å². The molecule has 0 aliphatic carbocycles. The van der Waals surface area contributed by atoms with Crippen molar-refractivity contribution < 1.29 is 22.7 Å². The first-order valence-electron chi connectivity index (χ1n) is 6.73. The molecule has 0 bridgehead atoms.